The largest absolute Gasteiger partial charge is 0.379 e. The Morgan fingerprint density at radius 2 is 1.96 bits per heavy atom. The van der Waals surface area contributed by atoms with Gasteiger partial charge in [0.05, 0.1) is 29.0 Å². The number of thiophene rings is 1. The van der Waals surface area contributed by atoms with Crippen molar-refractivity contribution in [2.75, 3.05) is 32.8 Å². The van der Waals surface area contributed by atoms with E-state index in [9.17, 15) is 13.2 Å². The molecule has 1 aliphatic heterocycles. The van der Waals surface area contributed by atoms with Crippen molar-refractivity contribution in [1.29, 1.82) is 0 Å². The standard InChI is InChI=1S/C19H23ClN2O4S2/c1-3-21(13-15-5-7-18(20)27-15)19(23)17-12-16(6-4-14(17)2)28(24,25)22-8-10-26-11-9-22/h4-7,12H,3,8-11,13H2,1-2H3. The van der Waals surface area contributed by atoms with E-state index in [-0.39, 0.29) is 10.8 Å². The van der Waals surface area contributed by atoms with E-state index >= 15 is 0 Å². The number of hydrogen-bond donors (Lipinski definition) is 0. The summed E-state index contributed by atoms with van der Waals surface area (Å²) in [5.41, 5.74) is 1.15. The van der Waals surface area contributed by atoms with Gasteiger partial charge in [-0.05, 0) is 43.7 Å². The van der Waals surface area contributed by atoms with Crippen molar-refractivity contribution in [2.24, 2.45) is 0 Å². The summed E-state index contributed by atoms with van der Waals surface area (Å²) in [7, 11) is -3.66. The monoisotopic (exact) mass is 442 g/mol. The molecule has 1 aliphatic rings. The molecule has 152 valence electrons. The minimum Gasteiger partial charge on any atom is -0.379 e. The molecule has 0 aliphatic carbocycles. The van der Waals surface area contributed by atoms with Crippen molar-refractivity contribution in [3.05, 3.63) is 50.7 Å². The van der Waals surface area contributed by atoms with Gasteiger partial charge in [0.25, 0.3) is 5.91 Å². The number of aryl methyl sites for hydroxylation is 1. The van der Waals surface area contributed by atoms with Gasteiger partial charge in [0, 0.05) is 30.1 Å². The zero-order valence-electron chi connectivity index (χ0n) is 15.9. The molecule has 3 rings (SSSR count). The lowest BCUT2D eigenvalue weighted by Gasteiger charge is -2.26. The van der Waals surface area contributed by atoms with Crippen LogP contribution >= 0.6 is 22.9 Å². The highest BCUT2D eigenvalue weighted by atomic mass is 35.5. The number of carbonyl (C=O) groups is 1. The first-order valence-electron chi connectivity index (χ1n) is 9.05. The van der Waals surface area contributed by atoms with E-state index in [1.165, 1.54) is 21.7 Å². The second-order valence-corrected chi connectivity index (χ2v) is 10.3. The van der Waals surface area contributed by atoms with Crippen LogP contribution in [0, 0.1) is 6.92 Å². The molecule has 1 saturated heterocycles. The summed E-state index contributed by atoms with van der Waals surface area (Å²) in [6.45, 7) is 6.05. The number of benzene rings is 1. The molecular formula is C19H23ClN2O4S2. The zero-order chi connectivity index (χ0) is 20.3. The van der Waals surface area contributed by atoms with Gasteiger partial charge in [-0.3, -0.25) is 4.79 Å². The van der Waals surface area contributed by atoms with E-state index < -0.39 is 10.0 Å². The average Bonchev–Trinajstić information content (AvgIpc) is 3.11. The third-order valence-corrected chi connectivity index (χ3v) is 7.80. The third-order valence-electron chi connectivity index (χ3n) is 4.69. The molecule has 0 saturated carbocycles. The molecule has 28 heavy (non-hydrogen) atoms. The number of sulfonamides is 1. The van der Waals surface area contributed by atoms with E-state index in [1.54, 1.807) is 23.1 Å². The van der Waals surface area contributed by atoms with Crippen LogP contribution in [-0.2, 0) is 21.3 Å². The van der Waals surface area contributed by atoms with E-state index in [1.807, 2.05) is 19.9 Å². The molecular weight excluding hydrogens is 420 g/mol. The molecule has 0 radical (unpaired) electrons. The quantitative estimate of drug-likeness (QED) is 0.687. The Kier molecular flexibility index (Phi) is 6.77. The number of halogens is 1. The summed E-state index contributed by atoms with van der Waals surface area (Å²) < 4.78 is 33.2. The molecule has 0 spiro atoms. The van der Waals surface area contributed by atoms with Crippen molar-refractivity contribution in [3.8, 4) is 0 Å². The Morgan fingerprint density at radius 1 is 1.25 bits per heavy atom. The summed E-state index contributed by atoms with van der Waals surface area (Å²) in [6.07, 6.45) is 0. The second-order valence-electron chi connectivity index (χ2n) is 6.52. The van der Waals surface area contributed by atoms with Gasteiger partial charge in [-0.2, -0.15) is 4.31 Å². The van der Waals surface area contributed by atoms with Gasteiger partial charge >= 0.3 is 0 Å². The molecule has 6 nitrogen and oxygen atoms in total. The van der Waals surface area contributed by atoms with Crippen LogP contribution in [0.2, 0.25) is 4.34 Å². The van der Waals surface area contributed by atoms with Crippen molar-refractivity contribution in [1.82, 2.24) is 9.21 Å². The van der Waals surface area contributed by atoms with Crippen LogP contribution in [0.3, 0.4) is 0 Å². The van der Waals surface area contributed by atoms with Gasteiger partial charge in [-0.1, -0.05) is 17.7 Å². The van der Waals surface area contributed by atoms with Crippen molar-refractivity contribution >= 4 is 38.9 Å². The first-order chi connectivity index (χ1) is 13.3. The van der Waals surface area contributed by atoms with E-state index in [4.69, 9.17) is 16.3 Å². The molecule has 1 fully saturated rings. The van der Waals surface area contributed by atoms with Gasteiger partial charge in [0.2, 0.25) is 10.0 Å². The molecule has 0 N–H and O–H groups in total. The Hall–Kier alpha value is -1.45. The summed E-state index contributed by atoms with van der Waals surface area (Å²) in [6, 6.07) is 8.45. The summed E-state index contributed by atoms with van der Waals surface area (Å²) in [5.74, 6) is -0.191. The number of hydrogen-bond acceptors (Lipinski definition) is 5. The number of nitrogens with zero attached hydrogens (tertiary/aromatic N) is 2. The SMILES string of the molecule is CCN(Cc1ccc(Cl)s1)C(=O)c1cc(S(=O)(=O)N2CCOCC2)ccc1C. The van der Waals surface area contributed by atoms with Gasteiger partial charge in [0.15, 0.2) is 0 Å². The lowest BCUT2D eigenvalue weighted by molar-refractivity contribution is 0.0729. The first-order valence-corrected chi connectivity index (χ1v) is 11.7. The topological polar surface area (TPSA) is 66.9 Å². The number of amides is 1. The predicted molar refractivity (Wildman–Crippen MR) is 111 cm³/mol. The molecule has 2 aromatic rings. The van der Waals surface area contributed by atoms with E-state index in [0.717, 1.165) is 10.4 Å². The van der Waals surface area contributed by atoms with Gasteiger partial charge in [0.1, 0.15) is 0 Å². The Balaban J connectivity index is 1.88. The van der Waals surface area contributed by atoms with Crippen LogP contribution in [-0.4, -0.2) is 56.4 Å². The minimum absolute atomic E-state index is 0.138. The summed E-state index contributed by atoms with van der Waals surface area (Å²) in [5, 5.41) is 0. The van der Waals surface area contributed by atoms with E-state index in [2.05, 4.69) is 0 Å². The Labute approximate surface area is 174 Å². The highest BCUT2D eigenvalue weighted by Crippen LogP contribution is 2.25. The number of rotatable bonds is 6. The first kappa shape index (κ1) is 21.3. The molecule has 9 heteroatoms. The third kappa shape index (κ3) is 4.58. The summed E-state index contributed by atoms with van der Waals surface area (Å²) >= 11 is 7.42. The van der Waals surface area contributed by atoms with Crippen LogP contribution in [0.25, 0.3) is 0 Å². The van der Waals surface area contributed by atoms with Crippen LogP contribution in [0.1, 0.15) is 27.7 Å². The number of ether oxygens (including phenoxy) is 1. The van der Waals surface area contributed by atoms with Gasteiger partial charge in [-0.15, -0.1) is 11.3 Å². The van der Waals surface area contributed by atoms with E-state index in [0.29, 0.717) is 49.3 Å². The van der Waals surface area contributed by atoms with Crippen LogP contribution < -0.4 is 0 Å². The zero-order valence-corrected chi connectivity index (χ0v) is 18.2. The second kappa shape index (κ2) is 8.92. The number of morpholine rings is 1. The van der Waals surface area contributed by atoms with Crippen molar-refractivity contribution < 1.29 is 17.9 Å². The maximum Gasteiger partial charge on any atom is 0.254 e. The molecule has 0 atom stereocenters. The fraction of sp³-hybridized carbons (Fsp3) is 0.421. The van der Waals surface area contributed by atoms with Crippen LogP contribution in [0.4, 0.5) is 0 Å². The fourth-order valence-electron chi connectivity index (χ4n) is 3.05. The molecule has 1 amide bonds. The predicted octanol–water partition coefficient (Wildman–Crippen LogP) is 3.39. The molecule has 2 heterocycles. The molecule has 0 bridgehead atoms. The lowest BCUT2D eigenvalue weighted by atomic mass is 10.1. The Bertz CT molecular complexity index is 953. The highest BCUT2D eigenvalue weighted by Gasteiger charge is 2.28. The average molecular weight is 443 g/mol. The maximum absolute atomic E-state index is 13.1. The molecule has 1 aromatic heterocycles. The molecule has 0 unspecified atom stereocenters. The normalized spacial score (nSPS) is 15.5. The lowest BCUT2D eigenvalue weighted by Crippen LogP contribution is -2.40. The fourth-order valence-corrected chi connectivity index (χ4v) is 5.59. The van der Waals surface area contributed by atoms with Crippen molar-refractivity contribution in [3.63, 3.8) is 0 Å². The number of carbonyl (C=O) groups excluding carboxylic acids is 1. The van der Waals surface area contributed by atoms with Crippen LogP contribution in [0.15, 0.2) is 35.2 Å². The smallest absolute Gasteiger partial charge is 0.254 e. The van der Waals surface area contributed by atoms with Gasteiger partial charge < -0.3 is 9.64 Å². The minimum atomic E-state index is -3.66. The molecule has 1 aromatic carbocycles. The van der Waals surface area contributed by atoms with Gasteiger partial charge in [-0.25, -0.2) is 8.42 Å². The van der Waals surface area contributed by atoms with Crippen LogP contribution in [0.5, 0.6) is 0 Å². The highest BCUT2D eigenvalue weighted by molar-refractivity contribution is 7.89. The summed E-state index contributed by atoms with van der Waals surface area (Å²) in [4.78, 5) is 15.9. The van der Waals surface area contributed by atoms with Crippen molar-refractivity contribution in [2.45, 2.75) is 25.3 Å². The maximum atomic E-state index is 13.1. The Morgan fingerprint density at radius 3 is 2.57 bits per heavy atom.